The second kappa shape index (κ2) is 4.71. The minimum Gasteiger partial charge on any atom is -0.463 e. The van der Waals surface area contributed by atoms with Gasteiger partial charge in [-0.3, -0.25) is 0 Å². The summed E-state index contributed by atoms with van der Waals surface area (Å²) in [5.74, 6) is -0.772. The summed E-state index contributed by atoms with van der Waals surface area (Å²) in [5.41, 5.74) is 1.03. The number of cyclic esters (lactones) is 1. The van der Waals surface area contributed by atoms with Gasteiger partial charge in [0.15, 0.2) is 0 Å². The summed E-state index contributed by atoms with van der Waals surface area (Å²) in [7, 11) is 0. The first kappa shape index (κ1) is 11.9. The van der Waals surface area contributed by atoms with Crippen LogP contribution in [-0.4, -0.2) is 18.5 Å². The van der Waals surface area contributed by atoms with Crippen LogP contribution in [0.25, 0.3) is 5.76 Å². The molecule has 0 amide bonds. The molecule has 1 heterocycles. The summed E-state index contributed by atoms with van der Waals surface area (Å²) in [6.07, 6.45) is 1.18. The van der Waals surface area contributed by atoms with Crippen LogP contribution in [0.3, 0.4) is 0 Å². The summed E-state index contributed by atoms with van der Waals surface area (Å²) in [6, 6.07) is 5.16. The van der Waals surface area contributed by atoms with Gasteiger partial charge in [0, 0.05) is 10.0 Å². The summed E-state index contributed by atoms with van der Waals surface area (Å²) in [4.78, 5) is 22.9. The number of hydrogen-bond donors (Lipinski definition) is 0. The second-order valence-corrected chi connectivity index (χ2v) is 4.17. The fourth-order valence-electron chi connectivity index (χ4n) is 1.54. The summed E-state index contributed by atoms with van der Waals surface area (Å²) in [6.45, 7) is 1.99. The molecule has 0 aromatic heterocycles. The van der Waals surface area contributed by atoms with Crippen molar-refractivity contribution in [3.63, 3.8) is 0 Å². The Morgan fingerprint density at radius 1 is 1.53 bits per heavy atom. The normalized spacial score (nSPS) is 15.6. The molecule has 17 heavy (non-hydrogen) atoms. The zero-order valence-corrected chi connectivity index (χ0v) is 10.6. The van der Waals surface area contributed by atoms with Gasteiger partial charge in [0.2, 0.25) is 0 Å². The van der Waals surface area contributed by atoms with E-state index in [-0.39, 0.29) is 12.4 Å². The molecule has 0 unspecified atom stereocenters. The monoisotopic (exact) mass is 296 g/mol. The van der Waals surface area contributed by atoms with Crippen molar-refractivity contribution in [2.75, 3.05) is 6.61 Å². The number of esters is 2. The molecule has 5 heteroatoms. The van der Waals surface area contributed by atoms with Gasteiger partial charge in [-0.1, -0.05) is 22.0 Å². The first-order chi connectivity index (χ1) is 8.13. The molecule has 4 nitrogen and oxygen atoms in total. The van der Waals surface area contributed by atoms with Gasteiger partial charge in [-0.25, -0.2) is 9.59 Å². The van der Waals surface area contributed by atoms with Crippen LogP contribution in [0.15, 0.2) is 28.7 Å². The molecule has 88 valence electrons. The van der Waals surface area contributed by atoms with Gasteiger partial charge < -0.3 is 9.47 Å². The Hall–Kier alpha value is -1.62. The van der Waals surface area contributed by atoms with E-state index in [1.54, 1.807) is 25.1 Å². The van der Waals surface area contributed by atoms with E-state index in [2.05, 4.69) is 15.9 Å². The zero-order valence-electron chi connectivity index (χ0n) is 9.03. The average Bonchev–Trinajstić information content (AvgIpc) is 2.57. The highest BCUT2D eigenvalue weighted by molar-refractivity contribution is 9.10. The predicted octanol–water partition coefficient (Wildman–Crippen LogP) is 2.52. The smallest absolute Gasteiger partial charge is 0.344 e. The molecule has 0 N–H and O–H groups in total. The Bertz CT molecular complexity index is 519. The molecule has 0 fully saturated rings. The summed E-state index contributed by atoms with van der Waals surface area (Å²) in [5, 5.41) is 0. The molecule has 0 radical (unpaired) electrons. The Morgan fingerprint density at radius 3 is 3.00 bits per heavy atom. The fraction of sp³-hybridized carbons (Fsp3) is 0.167. The Morgan fingerprint density at radius 2 is 2.29 bits per heavy atom. The van der Waals surface area contributed by atoms with Gasteiger partial charge in [-0.2, -0.15) is 0 Å². The van der Waals surface area contributed by atoms with E-state index in [9.17, 15) is 9.59 Å². The first-order valence-corrected chi connectivity index (χ1v) is 5.82. The predicted molar refractivity (Wildman–Crippen MR) is 64.2 cm³/mol. The van der Waals surface area contributed by atoms with Crippen LogP contribution >= 0.6 is 15.9 Å². The number of ether oxygens (including phenoxy) is 2. The lowest BCUT2D eigenvalue weighted by Gasteiger charge is -2.01. The van der Waals surface area contributed by atoms with Crippen LogP contribution < -0.4 is 0 Å². The topological polar surface area (TPSA) is 52.6 Å². The lowest BCUT2D eigenvalue weighted by atomic mass is 10.1. The van der Waals surface area contributed by atoms with E-state index in [4.69, 9.17) is 9.47 Å². The molecular formula is C12H9BrO4. The molecule has 0 aliphatic carbocycles. The number of benzene rings is 1. The summed E-state index contributed by atoms with van der Waals surface area (Å²) >= 11 is 3.32. The molecule has 0 spiro atoms. The van der Waals surface area contributed by atoms with Crippen molar-refractivity contribution in [3.8, 4) is 0 Å². The molecule has 0 bridgehead atoms. The molecule has 0 atom stereocenters. The number of carbonyl (C=O) groups is 2. The van der Waals surface area contributed by atoms with Crippen molar-refractivity contribution < 1.29 is 19.1 Å². The van der Waals surface area contributed by atoms with Crippen LogP contribution in [0, 0.1) is 0 Å². The molecule has 1 aromatic rings. The van der Waals surface area contributed by atoms with E-state index in [1.807, 2.05) is 0 Å². The third kappa shape index (κ3) is 2.24. The number of carbonyl (C=O) groups excluding carboxylic acids is 2. The van der Waals surface area contributed by atoms with E-state index in [0.29, 0.717) is 15.6 Å². The van der Waals surface area contributed by atoms with Crippen molar-refractivity contribution in [2.45, 2.75) is 6.92 Å². The second-order valence-electron chi connectivity index (χ2n) is 3.31. The molecule has 1 aliphatic rings. The minimum absolute atomic E-state index is 0.218. The molecule has 0 saturated carbocycles. The minimum atomic E-state index is -0.529. The van der Waals surface area contributed by atoms with Gasteiger partial charge in [0.25, 0.3) is 0 Å². The number of hydrogen-bond acceptors (Lipinski definition) is 4. The highest BCUT2D eigenvalue weighted by Gasteiger charge is 2.29. The highest BCUT2D eigenvalue weighted by atomic mass is 79.9. The number of fused-ring (bicyclic) bond motifs is 1. The van der Waals surface area contributed by atoms with Crippen LogP contribution in [0.2, 0.25) is 0 Å². The van der Waals surface area contributed by atoms with Gasteiger partial charge in [0.05, 0.1) is 18.2 Å². The molecule has 2 rings (SSSR count). The third-order valence-electron chi connectivity index (χ3n) is 2.22. The van der Waals surface area contributed by atoms with Gasteiger partial charge in [0.1, 0.15) is 5.76 Å². The van der Waals surface area contributed by atoms with E-state index in [0.717, 1.165) is 0 Å². The Kier molecular flexibility index (Phi) is 3.28. The van der Waals surface area contributed by atoms with Gasteiger partial charge in [-0.05, 0) is 19.1 Å². The van der Waals surface area contributed by atoms with E-state index >= 15 is 0 Å². The molecule has 1 aliphatic heterocycles. The highest BCUT2D eigenvalue weighted by Crippen LogP contribution is 2.35. The maximum Gasteiger partial charge on any atom is 0.344 e. The molecule has 1 aromatic carbocycles. The third-order valence-corrected chi connectivity index (χ3v) is 2.88. The lowest BCUT2D eigenvalue weighted by Crippen LogP contribution is -2.01. The quantitative estimate of drug-likeness (QED) is 0.622. The van der Waals surface area contributed by atoms with Crippen molar-refractivity contribution in [1.82, 2.24) is 0 Å². The maximum absolute atomic E-state index is 11.5. The van der Waals surface area contributed by atoms with Crippen molar-refractivity contribution in [1.29, 1.82) is 0 Å². The summed E-state index contributed by atoms with van der Waals surface area (Å²) < 4.78 is 10.5. The fourth-order valence-corrected chi connectivity index (χ4v) is 2.10. The Balaban J connectivity index is 2.43. The maximum atomic E-state index is 11.5. The first-order valence-electron chi connectivity index (χ1n) is 5.03. The lowest BCUT2D eigenvalue weighted by molar-refractivity contribution is -0.137. The van der Waals surface area contributed by atoms with Gasteiger partial charge >= 0.3 is 11.9 Å². The zero-order chi connectivity index (χ0) is 12.4. The van der Waals surface area contributed by atoms with Crippen molar-refractivity contribution in [3.05, 3.63) is 39.9 Å². The van der Waals surface area contributed by atoms with Crippen molar-refractivity contribution in [2.24, 2.45) is 0 Å². The molecule has 0 saturated heterocycles. The van der Waals surface area contributed by atoms with Crippen molar-refractivity contribution >= 4 is 33.6 Å². The number of rotatable bonds is 2. The van der Waals surface area contributed by atoms with Crippen LogP contribution in [-0.2, 0) is 14.3 Å². The Labute approximate surface area is 106 Å². The van der Waals surface area contributed by atoms with Crippen LogP contribution in [0.1, 0.15) is 22.8 Å². The SMILES string of the molecule is CCOC(=O)/C=C1\OC(=O)c2cccc(Br)c21. The van der Waals surface area contributed by atoms with Crippen LogP contribution in [0.5, 0.6) is 0 Å². The standard InChI is InChI=1S/C12H9BrO4/c1-2-16-10(14)6-9-11-7(12(15)17-9)4-3-5-8(11)13/h3-6H,2H2,1H3/b9-6-. The molecular weight excluding hydrogens is 288 g/mol. The largest absolute Gasteiger partial charge is 0.463 e. The average molecular weight is 297 g/mol. The van der Waals surface area contributed by atoms with Crippen LogP contribution in [0.4, 0.5) is 0 Å². The van der Waals surface area contributed by atoms with E-state index < -0.39 is 11.9 Å². The number of halogens is 1. The van der Waals surface area contributed by atoms with E-state index in [1.165, 1.54) is 6.08 Å². The van der Waals surface area contributed by atoms with Gasteiger partial charge in [-0.15, -0.1) is 0 Å².